The SMILES string of the molecule is C=C(N=C=O)c1ccc(N(C)C)cc1. The maximum Gasteiger partial charge on any atom is 0.240 e. The van der Waals surface area contributed by atoms with E-state index in [9.17, 15) is 4.79 Å². The Hall–Kier alpha value is -1.86. The lowest BCUT2D eigenvalue weighted by atomic mass is 10.1. The Balaban J connectivity index is 2.93. The smallest absolute Gasteiger partial charge is 0.240 e. The van der Waals surface area contributed by atoms with Crippen molar-refractivity contribution in [3.63, 3.8) is 0 Å². The standard InChI is InChI=1S/C11H12N2O/c1-9(12-8-14)10-4-6-11(7-5-10)13(2)3/h4-7H,1H2,2-3H3. The third-order valence-electron chi connectivity index (χ3n) is 1.90. The predicted octanol–water partition coefficient (Wildman–Crippen LogP) is 2.06. The van der Waals surface area contributed by atoms with Crippen LogP contribution in [0.4, 0.5) is 5.69 Å². The van der Waals surface area contributed by atoms with Crippen LogP contribution < -0.4 is 4.90 Å². The highest BCUT2D eigenvalue weighted by Gasteiger charge is 1.98. The van der Waals surface area contributed by atoms with Crippen molar-refractivity contribution in [2.45, 2.75) is 0 Å². The van der Waals surface area contributed by atoms with Crippen molar-refractivity contribution >= 4 is 17.5 Å². The first-order valence-corrected chi connectivity index (χ1v) is 4.19. The van der Waals surface area contributed by atoms with Crippen LogP contribution in [0.15, 0.2) is 35.8 Å². The maximum absolute atomic E-state index is 10.0. The van der Waals surface area contributed by atoms with Crippen molar-refractivity contribution in [1.29, 1.82) is 0 Å². The second-order valence-corrected chi connectivity index (χ2v) is 3.09. The summed E-state index contributed by atoms with van der Waals surface area (Å²) in [5.41, 5.74) is 2.36. The molecule has 0 heterocycles. The van der Waals surface area contributed by atoms with Gasteiger partial charge in [0.25, 0.3) is 0 Å². The van der Waals surface area contributed by atoms with Gasteiger partial charge in [0.15, 0.2) is 0 Å². The third kappa shape index (κ3) is 2.31. The van der Waals surface area contributed by atoms with Gasteiger partial charge in [-0.15, -0.1) is 0 Å². The number of aliphatic imine (C=N–C) groups is 1. The molecule has 0 aromatic heterocycles. The van der Waals surface area contributed by atoms with Crippen LogP contribution in [0.5, 0.6) is 0 Å². The number of hydrogen-bond donors (Lipinski definition) is 0. The van der Waals surface area contributed by atoms with E-state index in [0.29, 0.717) is 5.70 Å². The number of hydrogen-bond acceptors (Lipinski definition) is 3. The molecule has 14 heavy (non-hydrogen) atoms. The first-order chi connectivity index (χ1) is 6.65. The van der Waals surface area contributed by atoms with E-state index in [4.69, 9.17) is 0 Å². The number of nitrogens with zero attached hydrogens (tertiary/aromatic N) is 2. The zero-order chi connectivity index (χ0) is 10.6. The van der Waals surface area contributed by atoms with Gasteiger partial charge in [0.2, 0.25) is 6.08 Å². The number of carbonyl (C=O) groups excluding carboxylic acids is 1. The highest BCUT2D eigenvalue weighted by Crippen LogP contribution is 2.17. The minimum atomic E-state index is 0.435. The van der Waals surface area contributed by atoms with Crippen molar-refractivity contribution in [2.24, 2.45) is 4.99 Å². The zero-order valence-corrected chi connectivity index (χ0v) is 8.32. The molecule has 0 amide bonds. The van der Waals surface area contributed by atoms with E-state index < -0.39 is 0 Å². The quantitative estimate of drug-likeness (QED) is 0.537. The monoisotopic (exact) mass is 188 g/mol. The van der Waals surface area contributed by atoms with Crippen molar-refractivity contribution < 1.29 is 4.79 Å². The summed E-state index contributed by atoms with van der Waals surface area (Å²) < 4.78 is 0. The van der Waals surface area contributed by atoms with Gasteiger partial charge in [0.05, 0.1) is 5.70 Å². The largest absolute Gasteiger partial charge is 0.378 e. The molecule has 0 unspecified atom stereocenters. The van der Waals surface area contributed by atoms with Crippen LogP contribution in [-0.2, 0) is 4.79 Å². The average molecular weight is 188 g/mol. The Morgan fingerprint density at radius 1 is 1.36 bits per heavy atom. The molecule has 0 radical (unpaired) electrons. The van der Waals surface area contributed by atoms with Gasteiger partial charge in [-0.05, 0) is 12.1 Å². The summed E-state index contributed by atoms with van der Waals surface area (Å²) in [6.07, 6.45) is 1.47. The topological polar surface area (TPSA) is 32.7 Å². The van der Waals surface area contributed by atoms with Gasteiger partial charge in [-0.3, -0.25) is 0 Å². The van der Waals surface area contributed by atoms with Crippen molar-refractivity contribution in [1.82, 2.24) is 0 Å². The molecule has 0 aliphatic heterocycles. The van der Waals surface area contributed by atoms with Gasteiger partial charge in [0, 0.05) is 25.3 Å². The van der Waals surface area contributed by atoms with Gasteiger partial charge >= 0.3 is 0 Å². The molecule has 0 saturated carbocycles. The molecular weight excluding hydrogens is 176 g/mol. The molecule has 0 spiro atoms. The highest BCUT2D eigenvalue weighted by molar-refractivity contribution is 5.68. The summed E-state index contributed by atoms with van der Waals surface area (Å²) in [5.74, 6) is 0. The van der Waals surface area contributed by atoms with Gasteiger partial charge < -0.3 is 4.90 Å². The normalized spacial score (nSPS) is 9.00. The summed E-state index contributed by atoms with van der Waals surface area (Å²) in [6.45, 7) is 3.65. The van der Waals surface area contributed by atoms with Crippen LogP contribution in [0.3, 0.4) is 0 Å². The molecule has 0 saturated heterocycles. The lowest BCUT2D eigenvalue weighted by Gasteiger charge is -2.12. The fraction of sp³-hybridized carbons (Fsp3) is 0.182. The Morgan fingerprint density at radius 2 is 1.93 bits per heavy atom. The van der Waals surface area contributed by atoms with Crippen LogP contribution in [0.2, 0.25) is 0 Å². The van der Waals surface area contributed by atoms with Crippen LogP contribution >= 0.6 is 0 Å². The molecule has 1 aromatic carbocycles. The predicted molar refractivity (Wildman–Crippen MR) is 57.9 cm³/mol. The highest BCUT2D eigenvalue weighted by atomic mass is 16.1. The summed E-state index contributed by atoms with van der Waals surface area (Å²) in [6, 6.07) is 7.64. The second kappa shape index (κ2) is 4.40. The Kier molecular flexibility index (Phi) is 3.21. The van der Waals surface area contributed by atoms with Crippen LogP contribution in [0, 0.1) is 0 Å². The summed E-state index contributed by atoms with van der Waals surface area (Å²) in [5, 5.41) is 0. The molecular formula is C11H12N2O. The van der Waals surface area contributed by atoms with E-state index in [0.717, 1.165) is 11.3 Å². The van der Waals surface area contributed by atoms with E-state index in [2.05, 4.69) is 11.6 Å². The Labute approximate surface area is 83.4 Å². The zero-order valence-electron chi connectivity index (χ0n) is 8.32. The minimum Gasteiger partial charge on any atom is -0.378 e. The maximum atomic E-state index is 10.0. The van der Waals surface area contributed by atoms with Crippen molar-refractivity contribution in [2.75, 3.05) is 19.0 Å². The van der Waals surface area contributed by atoms with Crippen LogP contribution in [0.25, 0.3) is 5.70 Å². The van der Waals surface area contributed by atoms with Gasteiger partial charge in [0.1, 0.15) is 0 Å². The molecule has 0 aliphatic carbocycles. The van der Waals surface area contributed by atoms with E-state index in [1.54, 1.807) is 0 Å². The average Bonchev–Trinajstić information content (AvgIpc) is 2.18. The van der Waals surface area contributed by atoms with E-state index >= 15 is 0 Å². The van der Waals surface area contributed by atoms with Gasteiger partial charge in [-0.2, -0.15) is 4.99 Å². The first-order valence-electron chi connectivity index (χ1n) is 4.19. The number of benzene rings is 1. The molecule has 0 N–H and O–H groups in total. The molecule has 1 aromatic rings. The first kappa shape index (κ1) is 10.2. The Morgan fingerprint density at radius 3 is 2.36 bits per heavy atom. The fourth-order valence-electron chi connectivity index (χ4n) is 1.07. The lowest BCUT2D eigenvalue weighted by molar-refractivity contribution is 0.565. The summed E-state index contributed by atoms with van der Waals surface area (Å²) in [4.78, 5) is 15.5. The fourth-order valence-corrected chi connectivity index (χ4v) is 1.07. The van der Waals surface area contributed by atoms with E-state index in [1.807, 2.05) is 43.3 Å². The third-order valence-corrected chi connectivity index (χ3v) is 1.90. The van der Waals surface area contributed by atoms with Crippen molar-refractivity contribution in [3.05, 3.63) is 36.4 Å². The Bertz CT molecular complexity index is 373. The van der Waals surface area contributed by atoms with Crippen LogP contribution in [-0.4, -0.2) is 20.2 Å². The van der Waals surface area contributed by atoms with Gasteiger partial charge in [-0.1, -0.05) is 18.7 Å². The van der Waals surface area contributed by atoms with Gasteiger partial charge in [-0.25, -0.2) is 4.79 Å². The number of isocyanates is 1. The molecule has 0 atom stereocenters. The van der Waals surface area contributed by atoms with Crippen LogP contribution in [0.1, 0.15) is 5.56 Å². The molecule has 72 valence electrons. The number of rotatable bonds is 3. The second-order valence-electron chi connectivity index (χ2n) is 3.09. The van der Waals surface area contributed by atoms with E-state index in [1.165, 1.54) is 6.08 Å². The van der Waals surface area contributed by atoms with E-state index in [-0.39, 0.29) is 0 Å². The summed E-state index contributed by atoms with van der Waals surface area (Å²) in [7, 11) is 3.93. The molecule has 3 nitrogen and oxygen atoms in total. The van der Waals surface area contributed by atoms with Crippen molar-refractivity contribution in [3.8, 4) is 0 Å². The number of anilines is 1. The molecule has 0 aliphatic rings. The molecule has 0 bridgehead atoms. The molecule has 1 rings (SSSR count). The minimum absolute atomic E-state index is 0.435. The molecule has 3 heteroatoms. The summed E-state index contributed by atoms with van der Waals surface area (Å²) >= 11 is 0. The molecule has 0 fully saturated rings. The lowest BCUT2D eigenvalue weighted by Crippen LogP contribution is -2.08.